The molecule has 0 unspecified atom stereocenters. The molecule has 0 amide bonds. The van der Waals surface area contributed by atoms with Crippen LogP contribution in [0.3, 0.4) is 0 Å². The number of hydrogen-bond acceptors (Lipinski definition) is 0. The van der Waals surface area contributed by atoms with E-state index in [2.05, 4.69) is 0 Å². The van der Waals surface area contributed by atoms with E-state index in [9.17, 15) is 0 Å². The lowest BCUT2D eigenvalue weighted by Crippen LogP contribution is -1.26. The van der Waals surface area contributed by atoms with Crippen molar-refractivity contribution in [2.75, 3.05) is 0 Å². The van der Waals surface area contributed by atoms with Crippen molar-refractivity contribution in [3.63, 3.8) is 0 Å². The lowest BCUT2D eigenvalue weighted by Gasteiger charge is -1.49. The molecule has 0 aliphatic heterocycles. The maximum Gasteiger partial charge on any atom is -0.0470 e. The Hall–Kier alpha value is -0.520. The zero-order valence-corrected chi connectivity index (χ0v) is 6.31. The van der Waals surface area contributed by atoms with Crippen molar-refractivity contribution < 1.29 is 0 Å². The fourth-order valence-corrected chi connectivity index (χ4v) is 0. The molecule has 0 aromatic rings. The minimum Gasteiger partial charge on any atom is -0.0919 e. The molecule has 10 heavy (non-hydrogen) atoms. The van der Waals surface area contributed by atoms with Crippen molar-refractivity contribution >= 4 is 0 Å². The molecule has 64 valence electrons. The summed E-state index contributed by atoms with van der Waals surface area (Å²) < 4.78 is 0. The van der Waals surface area contributed by atoms with Crippen molar-refractivity contribution in [1.29, 1.82) is 0 Å². The van der Waals surface area contributed by atoms with Crippen molar-refractivity contribution in [3.8, 4) is 0 Å². The summed E-state index contributed by atoms with van der Waals surface area (Å²) >= 11 is 0. The lowest BCUT2D eigenvalue weighted by molar-refractivity contribution is 1.64. The quantitative estimate of drug-likeness (QED) is 0.441. The molecule has 0 rings (SSSR count). The monoisotopic (exact) mass is 144 g/mol. The molecule has 0 heteroatoms. The molecule has 0 saturated heterocycles. The predicted molar refractivity (Wildman–Crippen MR) is 54.4 cm³/mol. The second kappa shape index (κ2) is 39.2. The smallest absolute Gasteiger partial charge is 0.0470 e. The van der Waals surface area contributed by atoms with Crippen LogP contribution in [0.25, 0.3) is 0 Å². The van der Waals surface area contributed by atoms with E-state index in [1.165, 1.54) is 0 Å². The van der Waals surface area contributed by atoms with Crippen molar-refractivity contribution in [3.05, 3.63) is 24.3 Å². The minimum absolute atomic E-state index is 0. The van der Waals surface area contributed by atoms with Gasteiger partial charge in [-0.25, -0.2) is 0 Å². The van der Waals surface area contributed by atoms with Crippen LogP contribution in [0, 0.1) is 0 Å². The van der Waals surface area contributed by atoms with E-state index in [0.29, 0.717) is 0 Å². The average molecular weight is 144 g/mol. The summed E-state index contributed by atoms with van der Waals surface area (Å²) in [7, 11) is 0. The first-order valence-corrected chi connectivity index (χ1v) is 2.98. The summed E-state index contributed by atoms with van der Waals surface area (Å²) in [6, 6.07) is 0. The summed E-state index contributed by atoms with van der Waals surface area (Å²) in [5.74, 6) is 0. The van der Waals surface area contributed by atoms with Gasteiger partial charge in [0.2, 0.25) is 0 Å². The van der Waals surface area contributed by atoms with Crippen LogP contribution >= 0.6 is 0 Å². The van der Waals surface area contributed by atoms with Gasteiger partial charge in [-0.3, -0.25) is 0 Å². The highest BCUT2D eigenvalue weighted by molar-refractivity contribution is 4.68. The third-order valence-corrected chi connectivity index (χ3v) is 0.667. The van der Waals surface area contributed by atoms with Gasteiger partial charge < -0.3 is 0 Å². The molecule has 0 fully saturated rings. The van der Waals surface area contributed by atoms with Crippen LogP contribution in [0.2, 0.25) is 0 Å². The molecular weight excluding hydrogens is 120 g/mol. The second-order valence-corrected chi connectivity index (χ2v) is 1.33. The van der Waals surface area contributed by atoms with Gasteiger partial charge in [0.05, 0.1) is 0 Å². The third kappa shape index (κ3) is 143. The molecule has 0 bridgehead atoms. The molecule has 0 aliphatic carbocycles. The van der Waals surface area contributed by atoms with Crippen LogP contribution in [0.4, 0.5) is 0 Å². The molecule has 0 radical (unpaired) electrons. The maximum absolute atomic E-state index is 2.00. The van der Waals surface area contributed by atoms with Crippen LogP contribution in [0.5, 0.6) is 0 Å². The summed E-state index contributed by atoms with van der Waals surface area (Å²) in [4.78, 5) is 0. The molecule has 0 saturated carbocycles. The molecule has 0 N–H and O–H groups in total. The van der Waals surface area contributed by atoms with E-state index < -0.39 is 0 Å². The minimum atomic E-state index is 0. The number of allylic oxidation sites excluding steroid dienone is 4. The maximum atomic E-state index is 2.00. The first-order valence-electron chi connectivity index (χ1n) is 2.98. The van der Waals surface area contributed by atoms with Gasteiger partial charge in [-0.15, -0.1) is 0 Å². The lowest BCUT2D eigenvalue weighted by atomic mass is 10.6. The highest BCUT2D eigenvalue weighted by Crippen LogP contribution is 1.57. The Kier molecular flexibility index (Phi) is 88.9. The normalized spacial score (nSPS) is 7.60. The van der Waals surface area contributed by atoms with Crippen LogP contribution in [0.15, 0.2) is 24.3 Å². The van der Waals surface area contributed by atoms with Gasteiger partial charge in [0, 0.05) is 0 Å². The van der Waals surface area contributed by atoms with Gasteiger partial charge in [-0.05, 0) is 27.7 Å². The van der Waals surface area contributed by atoms with Crippen molar-refractivity contribution in [2.45, 2.75) is 42.5 Å². The molecular formula is C10H24. The Balaban J connectivity index is -0.0000000300. The van der Waals surface area contributed by atoms with E-state index in [-0.39, 0.29) is 14.9 Å². The highest BCUT2D eigenvalue weighted by Gasteiger charge is 1.34. The summed E-state index contributed by atoms with van der Waals surface area (Å²) in [5, 5.41) is 0. The molecule has 0 spiro atoms. The number of hydrogen-bond donors (Lipinski definition) is 0. The Morgan fingerprint density at radius 2 is 0.600 bits per heavy atom. The SMILES string of the molecule is C.C.C/C=C\C.C/C=C\C. The predicted octanol–water partition coefficient (Wildman–Crippen LogP) is 4.44. The standard InChI is InChI=1S/2C4H8.2CH4/c2*1-3-4-2;;/h2*3-4H,1-2H3;2*1H4/b2*4-3-;;. The Bertz CT molecular complexity index is 40.4. The molecule has 0 aromatic heterocycles. The largest absolute Gasteiger partial charge is 0.0919 e. The average Bonchev–Trinajstić information content (AvgIpc) is 1.88. The van der Waals surface area contributed by atoms with Crippen LogP contribution in [-0.4, -0.2) is 0 Å². The Morgan fingerprint density at radius 3 is 0.600 bits per heavy atom. The fraction of sp³-hybridized carbons (Fsp3) is 0.600. The summed E-state index contributed by atoms with van der Waals surface area (Å²) in [5.41, 5.74) is 0. The van der Waals surface area contributed by atoms with Gasteiger partial charge >= 0.3 is 0 Å². The van der Waals surface area contributed by atoms with Gasteiger partial charge in [-0.2, -0.15) is 0 Å². The zero-order valence-electron chi connectivity index (χ0n) is 6.31. The topological polar surface area (TPSA) is 0 Å². The van der Waals surface area contributed by atoms with Gasteiger partial charge in [0.15, 0.2) is 0 Å². The van der Waals surface area contributed by atoms with E-state index in [0.717, 1.165) is 0 Å². The van der Waals surface area contributed by atoms with Crippen LogP contribution in [0.1, 0.15) is 42.5 Å². The molecule has 0 aromatic carbocycles. The first-order chi connectivity index (χ1) is 3.83. The van der Waals surface area contributed by atoms with Gasteiger partial charge in [0.25, 0.3) is 0 Å². The molecule has 0 nitrogen and oxygen atoms in total. The summed E-state index contributed by atoms with van der Waals surface area (Å²) in [6.45, 7) is 8.00. The molecule has 0 heterocycles. The van der Waals surface area contributed by atoms with Gasteiger partial charge in [0.1, 0.15) is 0 Å². The van der Waals surface area contributed by atoms with Crippen LogP contribution in [-0.2, 0) is 0 Å². The van der Waals surface area contributed by atoms with E-state index in [1.54, 1.807) is 0 Å². The summed E-state index contributed by atoms with van der Waals surface area (Å²) in [6.07, 6.45) is 8.00. The van der Waals surface area contributed by atoms with Crippen LogP contribution < -0.4 is 0 Å². The first kappa shape index (κ1) is 22.7. The second-order valence-electron chi connectivity index (χ2n) is 1.33. The zero-order chi connectivity index (χ0) is 6.83. The van der Waals surface area contributed by atoms with Gasteiger partial charge in [-0.1, -0.05) is 39.2 Å². The highest BCUT2D eigenvalue weighted by atomic mass is 13.4. The molecule has 0 atom stereocenters. The van der Waals surface area contributed by atoms with Crippen molar-refractivity contribution in [2.24, 2.45) is 0 Å². The van der Waals surface area contributed by atoms with E-state index >= 15 is 0 Å². The number of rotatable bonds is 0. The van der Waals surface area contributed by atoms with E-state index in [1.807, 2.05) is 52.0 Å². The van der Waals surface area contributed by atoms with Crippen molar-refractivity contribution in [1.82, 2.24) is 0 Å². The third-order valence-electron chi connectivity index (χ3n) is 0.667. The Labute approximate surface area is 67.7 Å². The van der Waals surface area contributed by atoms with E-state index in [4.69, 9.17) is 0 Å². The Morgan fingerprint density at radius 1 is 0.500 bits per heavy atom. The fourth-order valence-electron chi connectivity index (χ4n) is 0. The molecule has 0 aliphatic rings.